The van der Waals surface area contributed by atoms with Crippen LogP contribution in [-0.4, -0.2) is 36.3 Å². The Bertz CT molecular complexity index is 408. The van der Waals surface area contributed by atoms with Crippen molar-refractivity contribution in [1.82, 2.24) is 10.6 Å². The molecule has 0 saturated carbocycles. The second-order valence-electron chi connectivity index (χ2n) is 3.94. The molecule has 0 unspecified atom stereocenters. The summed E-state index contributed by atoms with van der Waals surface area (Å²) in [5.41, 5.74) is 0.870. The van der Waals surface area contributed by atoms with Crippen LogP contribution in [0.3, 0.4) is 0 Å². The van der Waals surface area contributed by atoms with Crippen molar-refractivity contribution in [2.24, 2.45) is 0 Å². The van der Waals surface area contributed by atoms with Crippen LogP contribution < -0.4 is 10.6 Å². The van der Waals surface area contributed by atoms with Gasteiger partial charge < -0.3 is 20.5 Å². The van der Waals surface area contributed by atoms with Gasteiger partial charge in [0, 0.05) is 6.54 Å². The molecular formula is C13H18N2O4. The molecule has 0 aliphatic carbocycles. The lowest BCUT2D eigenvalue weighted by molar-refractivity contribution is -0.122. The summed E-state index contributed by atoms with van der Waals surface area (Å²) in [4.78, 5) is 22.9. The molecule has 2 amide bonds. The van der Waals surface area contributed by atoms with Gasteiger partial charge >= 0.3 is 6.09 Å². The number of benzene rings is 1. The van der Waals surface area contributed by atoms with Crippen LogP contribution in [0.4, 0.5) is 4.79 Å². The number of rotatable bonds is 6. The fraction of sp³-hybridized carbons (Fsp3) is 0.385. The molecule has 0 fully saturated rings. The molecular weight excluding hydrogens is 248 g/mol. The van der Waals surface area contributed by atoms with Gasteiger partial charge in [-0.05, 0) is 12.5 Å². The quantitative estimate of drug-likeness (QED) is 0.696. The Labute approximate surface area is 111 Å². The lowest BCUT2D eigenvalue weighted by Crippen LogP contribution is -2.45. The molecule has 0 spiro atoms. The van der Waals surface area contributed by atoms with Gasteiger partial charge in [0.2, 0.25) is 5.91 Å². The minimum atomic E-state index is -0.713. The lowest BCUT2D eigenvalue weighted by atomic mass is 10.2. The van der Waals surface area contributed by atoms with E-state index in [2.05, 4.69) is 10.6 Å². The number of aliphatic hydroxyl groups excluding tert-OH is 1. The van der Waals surface area contributed by atoms with Gasteiger partial charge in [0.05, 0.1) is 6.61 Å². The summed E-state index contributed by atoms with van der Waals surface area (Å²) < 4.78 is 4.97. The molecule has 0 radical (unpaired) electrons. The average Bonchev–Trinajstić information content (AvgIpc) is 2.43. The van der Waals surface area contributed by atoms with Crippen LogP contribution in [0.25, 0.3) is 0 Å². The van der Waals surface area contributed by atoms with Crippen LogP contribution in [0.1, 0.15) is 12.5 Å². The van der Waals surface area contributed by atoms with E-state index in [9.17, 15) is 9.59 Å². The molecule has 3 N–H and O–H groups in total. The zero-order chi connectivity index (χ0) is 14.1. The van der Waals surface area contributed by atoms with Crippen molar-refractivity contribution in [2.45, 2.75) is 19.6 Å². The Balaban J connectivity index is 2.29. The summed E-state index contributed by atoms with van der Waals surface area (Å²) in [6.45, 7) is 1.70. The Kier molecular flexibility index (Phi) is 6.38. The first-order chi connectivity index (χ1) is 9.13. The molecule has 6 nitrogen and oxygen atoms in total. The number of alkyl carbamates (subject to hydrolysis) is 1. The predicted molar refractivity (Wildman–Crippen MR) is 69.3 cm³/mol. The number of carbonyl (C=O) groups excluding carboxylic acids is 2. The topological polar surface area (TPSA) is 87.7 Å². The van der Waals surface area contributed by atoms with Gasteiger partial charge in [-0.15, -0.1) is 0 Å². The van der Waals surface area contributed by atoms with E-state index in [1.54, 1.807) is 0 Å². The predicted octanol–water partition coefficient (Wildman–Crippen LogP) is 0.410. The SMILES string of the molecule is C[C@@H](NC(=O)OCc1ccccc1)C(=O)NCCO. The zero-order valence-corrected chi connectivity index (χ0v) is 10.8. The first kappa shape index (κ1) is 15.0. The van der Waals surface area contributed by atoms with E-state index < -0.39 is 12.1 Å². The molecule has 1 aromatic rings. The number of ether oxygens (including phenoxy) is 1. The monoisotopic (exact) mass is 266 g/mol. The number of carbonyl (C=O) groups is 2. The fourth-order valence-electron chi connectivity index (χ4n) is 1.34. The maximum atomic E-state index is 11.4. The molecule has 0 aliphatic rings. The normalized spacial score (nSPS) is 11.5. The maximum absolute atomic E-state index is 11.4. The molecule has 1 aromatic carbocycles. The molecule has 104 valence electrons. The lowest BCUT2D eigenvalue weighted by Gasteiger charge is -2.13. The molecule has 0 bridgehead atoms. The van der Waals surface area contributed by atoms with Gasteiger partial charge in [0.15, 0.2) is 0 Å². The summed E-state index contributed by atoms with van der Waals surface area (Å²) >= 11 is 0. The summed E-state index contributed by atoms with van der Waals surface area (Å²) in [7, 11) is 0. The number of amides is 2. The van der Waals surface area contributed by atoms with E-state index in [1.807, 2.05) is 30.3 Å². The van der Waals surface area contributed by atoms with Crippen molar-refractivity contribution < 1.29 is 19.4 Å². The van der Waals surface area contributed by atoms with Crippen molar-refractivity contribution in [3.05, 3.63) is 35.9 Å². The van der Waals surface area contributed by atoms with Crippen LogP contribution in [-0.2, 0) is 16.1 Å². The fourth-order valence-corrected chi connectivity index (χ4v) is 1.34. The highest BCUT2D eigenvalue weighted by Gasteiger charge is 2.15. The van der Waals surface area contributed by atoms with E-state index in [1.165, 1.54) is 6.92 Å². The minimum Gasteiger partial charge on any atom is -0.445 e. The molecule has 6 heteroatoms. The third-order valence-corrected chi connectivity index (χ3v) is 2.35. The van der Waals surface area contributed by atoms with Crippen LogP contribution in [0, 0.1) is 0 Å². The molecule has 0 aromatic heterocycles. The largest absolute Gasteiger partial charge is 0.445 e. The third-order valence-electron chi connectivity index (χ3n) is 2.35. The van der Waals surface area contributed by atoms with E-state index >= 15 is 0 Å². The van der Waals surface area contributed by atoms with Crippen LogP contribution in [0.5, 0.6) is 0 Å². The summed E-state index contributed by atoms with van der Waals surface area (Å²) in [6.07, 6.45) is -0.657. The Hall–Kier alpha value is -2.08. The molecule has 19 heavy (non-hydrogen) atoms. The van der Waals surface area contributed by atoms with Gasteiger partial charge in [-0.25, -0.2) is 4.79 Å². The molecule has 0 aliphatic heterocycles. The maximum Gasteiger partial charge on any atom is 0.408 e. The van der Waals surface area contributed by atoms with E-state index in [-0.39, 0.29) is 25.7 Å². The first-order valence-corrected chi connectivity index (χ1v) is 5.99. The van der Waals surface area contributed by atoms with Gasteiger partial charge in [0.1, 0.15) is 12.6 Å². The highest BCUT2D eigenvalue weighted by Crippen LogP contribution is 2.00. The standard InChI is InChI=1S/C13H18N2O4/c1-10(12(17)14-7-8-16)15-13(18)19-9-11-5-3-2-4-6-11/h2-6,10,16H,7-9H2,1H3,(H,14,17)(H,15,18)/t10-/m1/s1. The van der Waals surface area contributed by atoms with Gasteiger partial charge in [-0.2, -0.15) is 0 Å². The van der Waals surface area contributed by atoms with Crippen LogP contribution >= 0.6 is 0 Å². The number of hydrogen-bond donors (Lipinski definition) is 3. The highest BCUT2D eigenvalue weighted by atomic mass is 16.5. The summed E-state index contributed by atoms with van der Waals surface area (Å²) in [6, 6.07) is 8.53. The summed E-state index contributed by atoms with van der Waals surface area (Å²) in [5.74, 6) is -0.370. The molecule has 0 saturated heterocycles. The van der Waals surface area contributed by atoms with E-state index in [4.69, 9.17) is 9.84 Å². The van der Waals surface area contributed by atoms with Crippen molar-refractivity contribution in [3.8, 4) is 0 Å². The third kappa shape index (κ3) is 5.87. The zero-order valence-electron chi connectivity index (χ0n) is 10.8. The second kappa shape index (κ2) is 8.10. The first-order valence-electron chi connectivity index (χ1n) is 5.99. The molecule has 1 rings (SSSR count). The van der Waals surface area contributed by atoms with Crippen molar-refractivity contribution in [1.29, 1.82) is 0 Å². The smallest absolute Gasteiger partial charge is 0.408 e. The minimum absolute atomic E-state index is 0.142. The Morgan fingerprint density at radius 3 is 2.63 bits per heavy atom. The van der Waals surface area contributed by atoms with Gasteiger partial charge in [0.25, 0.3) is 0 Å². The number of nitrogens with one attached hydrogen (secondary N) is 2. The average molecular weight is 266 g/mol. The van der Waals surface area contributed by atoms with E-state index in [0.717, 1.165) is 5.56 Å². The Morgan fingerprint density at radius 2 is 2.00 bits per heavy atom. The summed E-state index contributed by atoms with van der Waals surface area (Å²) in [5, 5.41) is 13.4. The van der Waals surface area contributed by atoms with Crippen molar-refractivity contribution in [3.63, 3.8) is 0 Å². The second-order valence-corrected chi connectivity index (χ2v) is 3.94. The highest BCUT2D eigenvalue weighted by molar-refractivity contribution is 5.85. The molecule has 1 atom stereocenters. The Morgan fingerprint density at radius 1 is 1.32 bits per heavy atom. The van der Waals surface area contributed by atoms with Crippen molar-refractivity contribution in [2.75, 3.05) is 13.2 Å². The van der Waals surface area contributed by atoms with Crippen LogP contribution in [0.15, 0.2) is 30.3 Å². The van der Waals surface area contributed by atoms with Crippen LogP contribution in [0.2, 0.25) is 0 Å². The van der Waals surface area contributed by atoms with Gasteiger partial charge in [-0.3, -0.25) is 4.79 Å². The van der Waals surface area contributed by atoms with Crippen molar-refractivity contribution >= 4 is 12.0 Å². The number of aliphatic hydroxyl groups is 1. The molecule has 0 heterocycles. The van der Waals surface area contributed by atoms with E-state index in [0.29, 0.717) is 0 Å². The number of hydrogen-bond acceptors (Lipinski definition) is 4. The van der Waals surface area contributed by atoms with Gasteiger partial charge in [-0.1, -0.05) is 30.3 Å².